The fraction of sp³-hybridized carbons (Fsp3) is 0.486. The zero-order chi connectivity index (χ0) is 32.3. The van der Waals surface area contributed by atoms with Gasteiger partial charge in [0.05, 0.1) is 12.4 Å². The van der Waals surface area contributed by atoms with Crippen molar-refractivity contribution in [2.45, 2.75) is 101 Å². The lowest BCUT2D eigenvalue weighted by Gasteiger charge is -2.11. The Hall–Kier alpha value is -3.72. The Morgan fingerprint density at radius 1 is 1.05 bits per heavy atom. The second-order valence-electron chi connectivity index (χ2n) is 7.77. The average Bonchev–Trinajstić information content (AvgIpc) is 3.29. The summed E-state index contributed by atoms with van der Waals surface area (Å²) in [5.41, 5.74) is 8.48. The summed E-state index contributed by atoms with van der Waals surface area (Å²) in [6, 6.07) is 0. The van der Waals surface area contributed by atoms with Gasteiger partial charge < -0.3 is 26.5 Å². The number of ether oxygens (including phenoxy) is 2. The maximum absolute atomic E-state index is 8.07. The molecule has 232 valence electrons. The highest BCUT2D eigenvalue weighted by Gasteiger charge is 2.04. The maximum Gasteiger partial charge on any atom is 0.126 e. The third kappa shape index (κ3) is 29.1. The van der Waals surface area contributed by atoms with Crippen LogP contribution in [0.5, 0.6) is 0 Å². The molecule has 6 nitrogen and oxygen atoms in total. The van der Waals surface area contributed by atoms with Crippen LogP contribution in [-0.2, 0) is 9.47 Å². The minimum Gasteiger partial charge on any atom is -0.498 e. The van der Waals surface area contributed by atoms with E-state index in [4.69, 9.17) is 26.5 Å². The van der Waals surface area contributed by atoms with Gasteiger partial charge in [-0.2, -0.15) is 5.10 Å². The van der Waals surface area contributed by atoms with E-state index in [0.717, 1.165) is 49.2 Å². The van der Waals surface area contributed by atoms with E-state index in [2.05, 4.69) is 56.1 Å². The third-order valence-electron chi connectivity index (χ3n) is 4.87. The fourth-order valence-electron chi connectivity index (χ4n) is 3.02. The normalized spacial score (nSPS) is 13.0. The SMILES string of the molecule is C#C.C/C=C\C(=C/C)CCC(=N)COC(=C/CC)/C=C(\CC)OCC.CC.CC.N/N=C(\N)CC1=CC=CCC=C1. The van der Waals surface area contributed by atoms with Crippen LogP contribution in [0.15, 0.2) is 88.5 Å². The fourth-order valence-corrected chi connectivity index (χ4v) is 3.02. The topological polar surface area (TPSA) is 107 Å². The molecule has 41 heavy (non-hydrogen) atoms. The molecule has 0 amide bonds. The molecular formula is C35H60N4O2. The molecule has 0 saturated carbocycles. The number of terminal acetylenes is 1. The molecule has 1 aliphatic rings. The number of rotatable bonds is 14. The highest BCUT2D eigenvalue weighted by Crippen LogP contribution is 2.12. The van der Waals surface area contributed by atoms with E-state index in [1.54, 1.807) is 0 Å². The molecule has 0 radical (unpaired) electrons. The lowest BCUT2D eigenvalue weighted by molar-refractivity contribution is 0.214. The summed E-state index contributed by atoms with van der Waals surface area (Å²) in [4.78, 5) is 0. The van der Waals surface area contributed by atoms with Crippen molar-refractivity contribution in [3.05, 3.63) is 83.4 Å². The summed E-state index contributed by atoms with van der Waals surface area (Å²) < 4.78 is 11.4. The molecule has 0 aromatic carbocycles. The highest BCUT2D eigenvalue weighted by molar-refractivity contribution is 5.83. The van der Waals surface area contributed by atoms with Gasteiger partial charge in [-0.1, -0.05) is 95.7 Å². The summed E-state index contributed by atoms with van der Waals surface area (Å²) in [6.07, 6.45) is 33.3. The van der Waals surface area contributed by atoms with E-state index in [9.17, 15) is 0 Å². The third-order valence-corrected chi connectivity index (χ3v) is 4.87. The Labute approximate surface area is 253 Å². The molecular weight excluding hydrogens is 508 g/mol. The second-order valence-corrected chi connectivity index (χ2v) is 7.77. The number of hydrogen-bond acceptors (Lipinski definition) is 5. The van der Waals surface area contributed by atoms with Crippen LogP contribution < -0.4 is 11.6 Å². The van der Waals surface area contributed by atoms with Crippen LogP contribution in [0.2, 0.25) is 0 Å². The zero-order valence-electron chi connectivity index (χ0n) is 27.5. The molecule has 0 heterocycles. The van der Waals surface area contributed by atoms with E-state index in [1.807, 2.05) is 84.9 Å². The van der Waals surface area contributed by atoms with Crippen LogP contribution in [0.3, 0.4) is 0 Å². The maximum atomic E-state index is 8.07. The Kier molecular flexibility index (Phi) is 39.2. The first kappa shape index (κ1) is 44.3. The molecule has 1 rings (SSSR count). The van der Waals surface area contributed by atoms with Gasteiger partial charge in [-0.25, -0.2) is 0 Å². The number of hydrogen-bond donors (Lipinski definition) is 3. The van der Waals surface area contributed by atoms with Gasteiger partial charge >= 0.3 is 0 Å². The molecule has 0 aliphatic heterocycles. The molecule has 0 aromatic heterocycles. The number of hydrazone groups is 1. The Morgan fingerprint density at radius 2 is 1.71 bits per heavy atom. The van der Waals surface area contributed by atoms with Gasteiger partial charge in [-0.15, -0.1) is 12.8 Å². The van der Waals surface area contributed by atoms with E-state index in [0.29, 0.717) is 31.2 Å². The van der Waals surface area contributed by atoms with Gasteiger partial charge in [0.25, 0.3) is 0 Å². The molecule has 0 unspecified atom stereocenters. The van der Waals surface area contributed by atoms with E-state index in [-0.39, 0.29) is 0 Å². The number of allylic oxidation sites excluding steroid dienone is 12. The lowest BCUT2D eigenvalue weighted by atomic mass is 10.1. The van der Waals surface area contributed by atoms with E-state index < -0.39 is 0 Å². The largest absolute Gasteiger partial charge is 0.498 e. The van der Waals surface area contributed by atoms with Gasteiger partial charge in [0.1, 0.15) is 18.2 Å². The molecule has 6 heteroatoms. The first-order chi connectivity index (χ1) is 19.9. The lowest BCUT2D eigenvalue weighted by Crippen LogP contribution is -2.14. The molecule has 1 aliphatic carbocycles. The van der Waals surface area contributed by atoms with Crippen molar-refractivity contribution in [2.75, 3.05) is 13.2 Å². The first-order valence-electron chi connectivity index (χ1n) is 14.8. The molecule has 0 saturated heterocycles. The van der Waals surface area contributed by atoms with Gasteiger partial charge in [0.2, 0.25) is 0 Å². The Balaban J connectivity index is -0.000000317. The summed E-state index contributed by atoms with van der Waals surface area (Å²) in [7, 11) is 0. The minimum atomic E-state index is 0.332. The molecule has 0 fully saturated rings. The number of nitrogens with two attached hydrogens (primary N) is 2. The zero-order valence-corrected chi connectivity index (χ0v) is 27.5. The van der Waals surface area contributed by atoms with Crippen molar-refractivity contribution in [2.24, 2.45) is 16.7 Å². The molecule has 5 N–H and O–H groups in total. The van der Waals surface area contributed by atoms with Gasteiger partial charge in [-0.3, -0.25) is 0 Å². The Morgan fingerprint density at radius 3 is 2.22 bits per heavy atom. The standard InChI is InChI=1S/C20H33NO2.C9H13N3.2C2H6.C2H2/c1-6-11-17(8-3)13-14-18(21)16-23-20(12-7-2)15-19(9-4)22-10-5;10-9(12-11)7-8-5-3-1-2-4-6-8;3*1-2/h6,8,11-12,15,21H,7,9-10,13-14,16H2,1-5H3;1,3-6H,2,7,11H2,(H2,10,12);2*1-2H3;1-2H/b11-6-,17-8+,19-15+,20-12+,21-18?;;;;. The predicted molar refractivity (Wildman–Crippen MR) is 184 cm³/mol. The van der Waals surface area contributed by atoms with E-state index in [1.165, 1.54) is 5.57 Å². The predicted octanol–water partition coefficient (Wildman–Crippen LogP) is 9.30. The van der Waals surface area contributed by atoms with Crippen molar-refractivity contribution in [3.8, 4) is 12.8 Å². The molecule has 0 bridgehead atoms. The van der Waals surface area contributed by atoms with Crippen LogP contribution in [0.25, 0.3) is 0 Å². The monoisotopic (exact) mass is 568 g/mol. The van der Waals surface area contributed by atoms with Gasteiger partial charge in [0, 0.05) is 24.6 Å². The summed E-state index contributed by atoms with van der Waals surface area (Å²) in [5, 5.41) is 11.5. The van der Waals surface area contributed by atoms with Crippen molar-refractivity contribution in [3.63, 3.8) is 0 Å². The molecule has 0 spiro atoms. The Bertz CT molecular complexity index is 898. The number of amidine groups is 1. The smallest absolute Gasteiger partial charge is 0.126 e. The quantitative estimate of drug-likeness (QED) is 0.0369. The number of nitrogens with one attached hydrogen (secondary N) is 1. The summed E-state index contributed by atoms with van der Waals surface area (Å²) >= 11 is 0. The summed E-state index contributed by atoms with van der Waals surface area (Å²) in [5.74, 6) is 7.19. The second kappa shape index (κ2) is 36.3. The van der Waals surface area contributed by atoms with Crippen LogP contribution in [0.4, 0.5) is 0 Å². The van der Waals surface area contributed by atoms with Crippen molar-refractivity contribution >= 4 is 11.5 Å². The average molecular weight is 569 g/mol. The highest BCUT2D eigenvalue weighted by atomic mass is 16.5. The van der Waals surface area contributed by atoms with Crippen LogP contribution >= 0.6 is 0 Å². The molecule has 0 atom stereocenters. The van der Waals surface area contributed by atoms with Gasteiger partial charge in [-0.05, 0) is 58.1 Å². The van der Waals surface area contributed by atoms with Crippen LogP contribution in [0, 0.1) is 18.3 Å². The number of nitrogens with zero attached hydrogens (tertiary/aromatic N) is 1. The van der Waals surface area contributed by atoms with Crippen molar-refractivity contribution < 1.29 is 9.47 Å². The van der Waals surface area contributed by atoms with E-state index >= 15 is 0 Å². The first-order valence-corrected chi connectivity index (χ1v) is 14.8. The molecule has 0 aromatic rings. The van der Waals surface area contributed by atoms with Crippen molar-refractivity contribution in [1.82, 2.24) is 0 Å². The van der Waals surface area contributed by atoms with Gasteiger partial charge in [0.15, 0.2) is 0 Å². The minimum absolute atomic E-state index is 0.332. The summed E-state index contributed by atoms with van der Waals surface area (Å²) in [6.45, 7) is 19.1. The van der Waals surface area contributed by atoms with Crippen LogP contribution in [0.1, 0.15) is 101 Å². The van der Waals surface area contributed by atoms with Crippen LogP contribution in [-0.4, -0.2) is 24.8 Å². The van der Waals surface area contributed by atoms with Crippen molar-refractivity contribution in [1.29, 1.82) is 5.41 Å².